The summed E-state index contributed by atoms with van der Waals surface area (Å²) in [4.78, 5) is 1.88. The minimum atomic E-state index is 0.520. The molecule has 0 unspecified atom stereocenters. The van der Waals surface area contributed by atoms with Crippen molar-refractivity contribution in [3.63, 3.8) is 0 Å². The molecule has 0 spiro atoms. The van der Waals surface area contributed by atoms with Gasteiger partial charge in [-0.3, -0.25) is 5.41 Å². The van der Waals surface area contributed by atoms with Crippen molar-refractivity contribution in [2.24, 2.45) is 0 Å². The van der Waals surface area contributed by atoms with Crippen LogP contribution in [0.25, 0.3) is 16.5 Å². The molecular formula is C22H25N3. The van der Waals surface area contributed by atoms with Crippen LogP contribution >= 0.6 is 0 Å². The predicted octanol–water partition coefficient (Wildman–Crippen LogP) is 5.26. The van der Waals surface area contributed by atoms with Gasteiger partial charge in [-0.2, -0.15) is 0 Å². The number of hydrogen-bond acceptors (Lipinski definition) is 1. The van der Waals surface area contributed by atoms with E-state index in [1.54, 1.807) is 0 Å². The van der Waals surface area contributed by atoms with Gasteiger partial charge in [0.05, 0.1) is 5.52 Å². The number of aromatic nitrogens is 1. The molecule has 0 fully saturated rings. The maximum absolute atomic E-state index is 7.98. The minimum Gasteiger partial charge on any atom is -0.344 e. The normalized spacial score (nSPS) is 18.2. The fourth-order valence-electron chi connectivity index (χ4n) is 4.30. The third kappa shape index (κ3) is 2.46. The van der Waals surface area contributed by atoms with Crippen LogP contribution in [0.5, 0.6) is 0 Å². The summed E-state index contributed by atoms with van der Waals surface area (Å²) in [6, 6.07) is 6.71. The second kappa shape index (κ2) is 6.07. The van der Waals surface area contributed by atoms with E-state index in [9.17, 15) is 0 Å². The maximum atomic E-state index is 7.98. The van der Waals surface area contributed by atoms with Crippen LogP contribution in [0, 0.1) is 5.41 Å². The number of hydrogen-bond donors (Lipinski definition) is 1. The highest BCUT2D eigenvalue weighted by Crippen LogP contribution is 2.43. The second-order valence-electron chi connectivity index (χ2n) is 7.00. The minimum absolute atomic E-state index is 0.520. The van der Waals surface area contributed by atoms with E-state index in [4.69, 9.17) is 5.41 Å². The zero-order valence-corrected chi connectivity index (χ0v) is 15.1. The third-order valence-electron chi connectivity index (χ3n) is 5.41. The molecule has 1 aliphatic carbocycles. The summed E-state index contributed by atoms with van der Waals surface area (Å²) >= 11 is 0. The first-order valence-corrected chi connectivity index (χ1v) is 9.11. The summed E-state index contributed by atoms with van der Waals surface area (Å²) in [7, 11) is 0. The van der Waals surface area contributed by atoms with E-state index in [-0.39, 0.29) is 0 Å². The molecule has 1 aliphatic heterocycles. The van der Waals surface area contributed by atoms with Crippen molar-refractivity contribution in [2.75, 3.05) is 0 Å². The van der Waals surface area contributed by atoms with Gasteiger partial charge in [0.15, 0.2) is 0 Å². The highest BCUT2D eigenvalue weighted by molar-refractivity contribution is 6.00. The lowest BCUT2D eigenvalue weighted by Gasteiger charge is -2.24. The van der Waals surface area contributed by atoms with Crippen LogP contribution in [0.4, 0.5) is 0 Å². The molecule has 1 aromatic carbocycles. The Hall–Kier alpha value is -2.55. The molecular weight excluding hydrogens is 306 g/mol. The van der Waals surface area contributed by atoms with Gasteiger partial charge in [0.2, 0.25) is 0 Å². The quantitative estimate of drug-likeness (QED) is 0.590. The van der Waals surface area contributed by atoms with Gasteiger partial charge in [-0.05, 0) is 56.2 Å². The molecule has 128 valence electrons. The summed E-state index contributed by atoms with van der Waals surface area (Å²) in [5, 5.41) is 9.34. The van der Waals surface area contributed by atoms with Crippen molar-refractivity contribution in [1.29, 1.82) is 5.41 Å². The Balaban J connectivity index is 1.86. The van der Waals surface area contributed by atoms with Crippen LogP contribution in [0.3, 0.4) is 0 Å². The lowest BCUT2D eigenvalue weighted by molar-refractivity contribution is 0.606. The van der Waals surface area contributed by atoms with E-state index in [1.165, 1.54) is 46.1 Å². The number of amidine groups is 1. The van der Waals surface area contributed by atoms with Gasteiger partial charge >= 0.3 is 0 Å². The predicted molar refractivity (Wildman–Crippen MR) is 106 cm³/mol. The number of rotatable bonds is 2. The lowest BCUT2D eigenvalue weighted by Crippen LogP contribution is -2.18. The average molecular weight is 331 g/mol. The Kier molecular flexibility index (Phi) is 3.87. The molecule has 0 radical (unpaired) electrons. The monoisotopic (exact) mass is 331 g/mol. The molecule has 25 heavy (non-hydrogen) atoms. The fraction of sp³-hybridized carbons (Fsp3) is 0.318. The molecule has 2 aromatic rings. The van der Waals surface area contributed by atoms with Gasteiger partial charge in [-0.25, -0.2) is 0 Å². The number of nitrogens with one attached hydrogen (secondary N) is 1. The van der Waals surface area contributed by atoms with Crippen molar-refractivity contribution in [3.8, 4) is 0 Å². The number of para-hydroxylation sites is 1. The SMILES string of the molecule is C=C1/C(=C/N(/C=C\C)C(C)=N)CCc2c1c1cccc3c1n2CCC3. The Morgan fingerprint density at radius 1 is 1.28 bits per heavy atom. The zero-order chi connectivity index (χ0) is 17.6. The summed E-state index contributed by atoms with van der Waals surface area (Å²) in [5.74, 6) is 0.520. The van der Waals surface area contributed by atoms with Crippen LogP contribution < -0.4 is 0 Å². The molecule has 4 rings (SSSR count). The first-order chi connectivity index (χ1) is 12.1. The molecule has 1 aromatic heterocycles. The van der Waals surface area contributed by atoms with Gasteiger partial charge in [0, 0.05) is 35.6 Å². The molecule has 2 aliphatic rings. The van der Waals surface area contributed by atoms with Crippen LogP contribution in [0.15, 0.2) is 48.8 Å². The first kappa shape index (κ1) is 15.9. The van der Waals surface area contributed by atoms with E-state index in [2.05, 4.69) is 35.5 Å². The molecule has 1 N–H and O–H groups in total. The standard InChI is InChI=1S/C22H25N3/c1-4-12-24(16(3)23)14-18-10-11-20-21(15(18)2)19-9-5-7-17-8-6-13-25(20)22(17)19/h4-5,7,9,12,14,23H,2,6,8,10-11,13H2,1,3H3/b12-4-,18-14+,23-16?. The average Bonchev–Trinajstić information content (AvgIpc) is 2.94. The highest BCUT2D eigenvalue weighted by Gasteiger charge is 2.27. The summed E-state index contributed by atoms with van der Waals surface area (Å²) in [6.07, 6.45) is 10.4. The summed E-state index contributed by atoms with van der Waals surface area (Å²) in [5.41, 5.74) is 8.05. The molecule has 0 atom stereocenters. The van der Waals surface area contributed by atoms with E-state index in [1.807, 2.05) is 31.0 Å². The Morgan fingerprint density at radius 3 is 2.88 bits per heavy atom. The Labute approximate surface area is 149 Å². The Bertz CT molecular complexity index is 940. The molecule has 2 heterocycles. The molecule has 0 amide bonds. The maximum Gasteiger partial charge on any atom is 0.101 e. The van der Waals surface area contributed by atoms with Crippen LogP contribution in [-0.2, 0) is 19.4 Å². The van der Waals surface area contributed by atoms with Crippen molar-refractivity contribution in [1.82, 2.24) is 9.47 Å². The van der Waals surface area contributed by atoms with E-state index >= 15 is 0 Å². The summed E-state index contributed by atoms with van der Waals surface area (Å²) in [6.45, 7) is 9.37. The van der Waals surface area contributed by atoms with E-state index in [0.717, 1.165) is 25.0 Å². The number of nitrogens with zero attached hydrogens (tertiary/aromatic N) is 2. The molecule has 0 bridgehead atoms. The molecule has 3 nitrogen and oxygen atoms in total. The van der Waals surface area contributed by atoms with Gasteiger partial charge in [-0.15, -0.1) is 0 Å². The second-order valence-corrected chi connectivity index (χ2v) is 7.00. The Morgan fingerprint density at radius 2 is 2.12 bits per heavy atom. The number of benzene rings is 1. The number of aryl methyl sites for hydroxylation is 2. The highest BCUT2D eigenvalue weighted by atomic mass is 15.1. The third-order valence-corrected chi connectivity index (χ3v) is 5.41. The van der Waals surface area contributed by atoms with Crippen LogP contribution in [0.1, 0.15) is 43.5 Å². The zero-order valence-electron chi connectivity index (χ0n) is 15.1. The van der Waals surface area contributed by atoms with Crippen molar-refractivity contribution in [2.45, 2.75) is 46.1 Å². The fourth-order valence-corrected chi connectivity index (χ4v) is 4.30. The van der Waals surface area contributed by atoms with Crippen LogP contribution in [0.2, 0.25) is 0 Å². The van der Waals surface area contributed by atoms with Crippen molar-refractivity contribution in [3.05, 3.63) is 65.6 Å². The molecule has 0 saturated heterocycles. The largest absolute Gasteiger partial charge is 0.344 e. The van der Waals surface area contributed by atoms with Crippen molar-refractivity contribution >= 4 is 22.3 Å². The van der Waals surface area contributed by atoms with E-state index in [0.29, 0.717) is 5.84 Å². The van der Waals surface area contributed by atoms with Gasteiger partial charge < -0.3 is 9.47 Å². The smallest absolute Gasteiger partial charge is 0.101 e. The number of fused-ring (bicyclic) bond motifs is 3. The van der Waals surface area contributed by atoms with Crippen molar-refractivity contribution < 1.29 is 0 Å². The first-order valence-electron chi connectivity index (χ1n) is 9.11. The van der Waals surface area contributed by atoms with Crippen LogP contribution in [-0.4, -0.2) is 15.3 Å². The lowest BCUT2D eigenvalue weighted by atomic mass is 9.87. The summed E-state index contributed by atoms with van der Waals surface area (Å²) < 4.78 is 2.54. The van der Waals surface area contributed by atoms with Gasteiger partial charge in [-0.1, -0.05) is 30.9 Å². The number of allylic oxidation sites excluding steroid dienone is 3. The van der Waals surface area contributed by atoms with Gasteiger partial charge in [0.25, 0.3) is 0 Å². The van der Waals surface area contributed by atoms with E-state index < -0.39 is 0 Å². The topological polar surface area (TPSA) is 32.0 Å². The van der Waals surface area contributed by atoms with Gasteiger partial charge in [0.1, 0.15) is 5.84 Å². The molecule has 3 heteroatoms. The molecule has 0 saturated carbocycles.